The quantitative estimate of drug-likeness (QED) is 0.0764. The van der Waals surface area contributed by atoms with Crippen molar-refractivity contribution in [3.8, 4) is 17.6 Å². The average molecular weight is 727 g/mol. The van der Waals surface area contributed by atoms with Gasteiger partial charge in [0.2, 0.25) is 0 Å². The lowest BCUT2D eigenvalue weighted by atomic mass is 9.94. The van der Waals surface area contributed by atoms with Crippen molar-refractivity contribution in [2.45, 2.75) is 45.7 Å². The molecule has 0 atom stereocenters. The van der Waals surface area contributed by atoms with E-state index in [1.807, 2.05) is 41.3 Å². The van der Waals surface area contributed by atoms with Crippen molar-refractivity contribution < 1.29 is 23.8 Å². The molecule has 0 fully saturated rings. The molecule has 51 heavy (non-hydrogen) atoms. The molecule has 0 saturated carbocycles. The Morgan fingerprint density at radius 1 is 1.08 bits per heavy atom. The summed E-state index contributed by atoms with van der Waals surface area (Å²) in [6, 6.07) is 18.5. The van der Waals surface area contributed by atoms with E-state index in [9.17, 15) is 19.1 Å². The van der Waals surface area contributed by atoms with Crippen LogP contribution in [0.5, 0.6) is 5.75 Å². The number of anilines is 2. The Hall–Kier alpha value is -4.87. The molecule has 264 valence electrons. The molecule has 4 N–H and O–H groups in total. The molecule has 3 aromatic carbocycles. The molecule has 1 aliphatic rings. The minimum atomic E-state index is -1.10. The summed E-state index contributed by atoms with van der Waals surface area (Å²) in [5.41, 5.74) is 3.91. The highest BCUT2D eigenvalue weighted by Gasteiger charge is 2.26. The lowest BCUT2D eigenvalue weighted by molar-refractivity contribution is 0.0690. The summed E-state index contributed by atoms with van der Waals surface area (Å²) in [5.74, 6) is 4.24. The second-order valence-corrected chi connectivity index (χ2v) is 14.4. The monoisotopic (exact) mass is 726 g/mol. The molecule has 10 nitrogen and oxygen atoms in total. The van der Waals surface area contributed by atoms with E-state index in [0.29, 0.717) is 71.2 Å². The highest BCUT2D eigenvalue weighted by atomic mass is 32.1. The fourth-order valence-electron chi connectivity index (χ4n) is 5.72. The summed E-state index contributed by atoms with van der Waals surface area (Å²) >= 11 is 2.75. The van der Waals surface area contributed by atoms with Crippen LogP contribution >= 0.6 is 22.7 Å². The number of aromatic nitrogens is 2. The largest absolute Gasteiger partial charge is 0.491 e. The van der Waals surface area contributed by atoms with E-state index in [-0.39, 0.29) is 24.0 Å². The summed E-state index contributed by atoms with van der Waals surface area (Å²) in [6.45, 7) is 7.60. The van der Waals surface area contributed by atoms with E-state index in [0.717, 1.165) is 34.4 Å². The Bertz CT molecular complexity index is 2050. The number of hydrogen-bond acceptors (Lipinski definition) is 10. The number of aryl methyl sites for hydroxylation is 1. The molecule has 1 aliphatic heterocycles. The van der Waals surface area contributed by atoms with Gasteiger partial charge in [-0.05, 0) is 66.8 Å². The highest BCUT2D eigenvalue weighted by molar-refractivity contribution is 7.22. The first kappa shape index (κ1) is 35.9. The van der Waals surface area contributed by atoms with E-state index in [1.165, 1.54) is 28.7 Å². The molecule has 3 heterocycles. The summed E-state index contributed by atoms with van der Waals surface area (Å²) in [4.78, 5) is 37.3. The molecule has 0 bridgehead atoms. The number of ether oxygens (including phenoxy) is 1. The van der Waals surface area contributed by atoms with Gasteiger partial charge in [0.05, 0.1) is 23.4 Å². The van der Waals surface area contributed by atoms with Crippen LogP contribution in [0.1, 0.15) is 62.7 Å². The first-order chi connectivity index (χ1) is 24.7. The van der Waals surface area contributed by atoms with Crippen LogP contribution < -0.4 is 25.6 Å². The van der Waals surface area contributed by atoms with E-state index >= 15 is 0 Å². The van der Waals surface area contributed by atoms with Gasteiger partial charge in [0, 0.05) is 48.2 Å². The van der Waals surface area contributed by atoms with Crippen molar-refractivity contribution in [3.63, 3.8) is 0 Å². The molecule has 13 heteroatoms. The number of amides is 1. The van der Waals surface area contributed by atoms with E-state index < -0.39 is 11.8 Å². The second-order valence-electron chi connectivity index (χ2n) is 12.3. The minimum Gasteiger partial charge on any atom is -0.491 e. The molecule has 0 saturated heterocycles. The summed E-state index contributed by atoms with van der Waals surface area (Å²) in [5, 5.41) is 20.6. The number of para-hydroxylation sites is 1. The van der Waals surface area contributed by atoms with Crippen molar-refractivity contribution in [3.05, 3.63) is 99.3 Å². The topological polar surface area (TPSA) is 129 Å². The number of carbonyl (C=O) groups is 2. The van der Waals surface area contributed by atoms with Gasteiger partial charge in [-0.2, -0.15) is 0 Å². The lowest BCUT2D eigenvalue weighted by Gasteiger charge is -2.29. The van der Waals surface area contributed by atoms with Gasteiger partial charge in [0.1, 0.15) is 0 Å². The van der Waals surface area contributed by atoms with Crippen LogP contribution in [-0.4, -0.2) is 65.8 Å². The third-order valence-corrected chi connectivity index (χ3v) is 10.4. The van der Waals surface area contributed by atoms with Crippen LogP contribution in [0.4, 0.5) is 14.7 Å². The average Bonchev–Trinajstić information content (AvgIpc) is 3.74. The van der Waals surface area contributed by atoms with E-state index in [2.05, 4.69) is 51.6 Å². The number of carbonyl (C=O) groups excluding carboxylic acids is 1. The van der Waals surface area contributed by atoms with Crippen molar-refractivity contribution in [1.29, 1.82) is 0 Å². The van der Waals surface area contributed by atoms with Crippen molar-refractivity contribution in [1.82, 2.24) is 20.6 Å². The van der Waals surface area contributed by atoms with Gasteiger partial charge in [-0.1, -0.05) is 61.3 Å². The number of hydrogen-bond donors (Lipinski definition) is 4. The van der Waals surface area contributed by atoms with Gasteiger partial charge in [0.15, 0.2) is 27.5 Å². The molecule has 0 unspecified atom stereocenters. The molecule has 0 radical (unpaired) electrons. The smallest absolute Gasteiger partial charge is 0.355 e. The third kappa shape index (κ3) is 9.28. The number of benzene rings is 3. The van der Waals surface area contributed by atoms with Gasteiger partial charge in [0.25, 0.3) is 5.91 Å². The number of nitrogens with one attached hydrogen (secondary N) is 3. The Morgan fingerprint density at radius 3 is 2.75 bits per heavy atom. The lowest BCUT2D eigenvalue weighted by Crippen LogP contribution is -2.32. The highest BCUT2D eigenvalue weighted by Crippen LogP contribution is 2.33. The third-order valence-electron chi connectivity index (χ3n) is 8.23. The fraction of sp³-hybridized carbons (Fsp3) is 0.316. The van der Waals surface area contributed by atoms with Gasteiger partial charge in [-0.3, -0.25) is 10.1 Å². The van der Waals surface area contributed by atoms with Gasteiger partial charge < -0.3 is 25.4 Å². The first-order valence-electron chi connectivity index (χ1n) is 16.9. The molecular formula is C38H39FN6O4S2. The molecule has 2 aromatic heterocycles. The summed E-state index contributed by atoms with van der Waals surface area (Å²) < 4.78 is 21.4. The number of aromatic carboxylic acids is 1. The maximum atomic E-state index is 14.7. The standard InChI is InChI=1S/C38H39FN6O4S2/c1-24(2)41-19-18-40-17-6-8-25-14-15-31(29(39)22-25)49-21-7-13-33-34(36(47)48)43-38(51-33)45-20-16-26-9-5-10-27(28(26)23-45)35(46)44-37-42-30-11-3-4-12-32(30)50-37/h3-5,9-12,14-15,22,24,40-41H,7,13,16-21,23H2,1-2H3,(H,47,48)(H,42,44,46). The number of nitrogens with zero attached hydrogens (tertiary/aromatic N) is 3. The Labute approximate surface area is 304 Å². The number of thiazole rings is 2. The molecule has 0 spiro atoms. The predicted octanol–water partition coefficient (Wildman–Crippen LogP) is 6.36. The van der Waals surface area contributed by atoms with Crippen molar-refractivity contribution >= 4 is 55.0 Å². The normalized spacial score (nSPS) is 12.4. The van der Waals surface area contributed by atoms with Gasteiger partial charge in [-0.15, -0.1) is 11.3 Å². The SMILES string of the molecule is CC(C)NCCNCC#Cc1ccc(OCCCc2sc(N3CCc4cccc(C(=O)Nc5nc6ccccc6s5)c4C3)nc2C(=O)O)c(F)c1. The molecule has 0 aliphatic carbocycles. The van der Waals surface area contributed by atoms with Crippen molar-refractivity contribution in [2.24, 2.45) is 0 Å². The Morgan fingerprint density at radius 2 is 1.94 bits per heavy atom. The Balaban J connectivity index is 1.04. The zero-order chi connectivity index (χ0) is 35.7. The Kier molecular flexibility index (Phi) is 11.9. The molecule has 1 amide bonds. The van der Waals surface area contributed by atoms with Gasteiger partial charge in [-0.25, -0.2) is 19.2 Å². The van der Waals surface area contributed by atoms with Crippen LogP contribution in [0, 0.1) is 17.7 Å². The summed E-state index contributed by atoms with van der Waals surface area (Å²) in [6.07, 6.45) is 1.56. The maximum absolute atomic E-state index is 14.7. The van der Waals surface area contributed by atoms with Crippen molar-refractivity contribution in [2.75, 3.05) is 43.0 Å². The van der Waals surface area contributed by atoms with Crippen LogP contribution in [-0.2, 0) is 19.4 Å². The zero-order valence-electron chi connectivity index (χ0n) is 28.4. The minimum absolute atomic E-state index is 0.00226. The van der Waals surface area contributed by atoms with Crippen LogP contribution in [0.3, 0.4) is 0 Å². The molecule has 5 aromatic rings. The van der Waals surface area contributed by atoms with Crippen LogP contribution in [0.25, 0.3) is 10.2 Å². The second kappa shape index (κ2) is 16.9. The van der Waals surface area contributed by atoms with Gasteiger partial charge >= 0.3 is 5.97 Å². The summed E-state index contributed by atoms with van der Waals surface area (Å²) in [7, 11) is 0. The number of rotatable bonds is 14. The number of carboxylic acid groups (broad SMARTS) is 1. The van der Waals surface area contributed by atoms with Crippen LogP contribution in [0.15, 0.2) is 60.7 Å². The number of fused-ring (bicyclic) bond motifs is 2. The molecular weight excluding hydrogens is 688 g/mol. The first-order valence-corrected chi connectivity index (χ1v) is 18.5. The van der Waals surface area contributed by atoms with Crippen LogP contribution in [0.2, 0.25) is 0 Å². The zero-order valence-corrected chi connectivity index (χ0v) is 30.1. The number of halogens is 1. The molecule has 6 rings (SSSR count). The fourth-order valence-corrected chi connectivity index (χ4v) is 7.69. The maximum Gasteiger partial charge on any atom is 0.355 e. The predicted molar refractivity (Wildman–Crippen MR) is 201 cm³/mol. The number of carboxylic acids is 1. The van der Waals surface area contributed by atoms with E-state index in [1.54, 1.807) is 18.2 Å². The van der Waals surface area contributed by atoms with E-state index in [4.69, 9.17) is 4.74 Å².